The van der Waals surface area contributed by atoms with Crippen molar-refractivity contribution in [2.45, 2.75) is 24.2 Å². The van der Waals surface area contributed by atoms with E-state index in [9.17, 15) is 17.6 Å². The fourth-order valence-corrected chi connectivity index (χ4v) is 5.32. The van der Waals surface area contributed by atoms with Crippen molar-refractivity contribution in [1.29, 1.82) is 0 Å². The number of amides is 1. The molecule has 1 atom stereocenters. The van der Waals surface area contributed by atoms with Gasteiger partial charge < -0.3 is 14.8 Å². The molecule has 1 aliphatic rings. The predicted molar refractivity (Wildman–Crippen MR) is 114 cm³/mol. The van der Waals surface area contributed by atoms with Crippen molar-refractivity contribution in [3.8, 4) is 11.5 Å². The Balaban J connectivity index is 1.61. The van der Waals surface area contributed by atoms with Crippen molar-refractivity contribution in [3.63, 3.8) is 0 Å². The van der Waals surface area contributed by atoms with Crippen molar-refractivity contribution in [3.05, 3.63) is 53.8 Å². The summed E-state index contributed by atoms with van der Waals surface area (Å²) >= 11 is 0. The highest BCUT2D eigenvalue weighted by Gasteiger charge is 2.35. The number of benzene rings is 2. The Kier molecular flexibility index (Phi) is 7.50. The summed E-state index contributed by atoms with van der Waals surface area (Å²) in [5.41, 5.74) is 1.06. The molecule has 1 saturated heterocycles. The number of nitrogens with zero attached hydrogens (tertiary/aromatic N) is 1. The van der Waals surface area contributed by atoms with E-state index in [4.69, 9.17) is 9.47 Å². The zero-order chi connectivity index (χ0) is 22.4. The Bertz CT molecular complexity index is 1010. The molecule has 0 saturated carbocycles. The van der Waals surface area contributed by atoms with Gasteiger partial charge >= 0.3 is 0 Å². The lowest BCUT2D eigenvalue weighted by Gasteiger charge is -2.31. The topological polar surface area (TPSA) is 84.9 Å². The van der Waals surface area contributed by atoms with Gasteiger partial charge in [0.2, 0.25) is 15.9 Å². The van der Waals surface area contributed by atoms with E-state index in [2.05, 4.69) is 5.32 Å². The average molecular weight is 451 g/mol. The van der Waals surface area contributed by atoms with Gasteiger partial charge in [-0.1, -0.05) is 12.1 Å². The third-order valence-electron chi connectivity index (χ3n) is 5.37. The predicted octanol–water partition coefficient (Wildman–Crippen LogP) is 2.60. The van der Waals surface area contributed by atoms with E-state index in [0.717, 1.165) is 23.4 Å². The zero-order valence-electron chi connectivity index (χ0n) is 17.6. The number of nitrogens with one attached hydrogen (secondary N) is 1. The van der Waals surface area contributed by atoms with E-state index in [0.29, 0.717) is 25.8 Å². The smallest absolute Gasteiger partial charge is 0.246 e. The number of carbonyl (C=O) groups is 1. The highest BCUT2D eigenvalue weighted by atomic mass is 32.2. The molecule has 0 aliphatic carbocycles. The number of sulfonamides is 1. The Morgan fingerprint density at radius 2 is 1.90 bits per heavy atom. The Morgan fingerprint density at radius 1 is 1.16 bits per heavy atom. The van der Waals surface area contributed by atoms with Crippen LogP contribution in [-0.2, 0) is 21.2 Å². The normalized spacial score (nSPS) is 17.2. The zero-order valence-corrected chi connectivity index (χ0v) is 18.5. The van der Waals surface area contributed by atoms with Gasteiger partial charge in [0.25, 0.3) is 0 Å². The lowest BCUT2D eigenvalue weighted by Crippen LogP contribution is -2.45. The summed E-state index contributed by atoms with van der Waals surface area (Å²) in [6.45, 7) is 0.778. The molecule has 1 heterocycles. The molecule has 3 rings (SSSR count). The first-order valence-electron chi connectivity index (χ1n) is 10.1. The van der Waals surface area contributed by atoms with Gasteiger partial charge in [-0.25, -0.2) is 12.8 Å². The number of rotatable bonds is 8. The molecule has 0 bridgehead atoms. The second-order valence-electron chi connectivity index (χ2n) is 7.39. The monoisotopic (exact) mass is 450 g/mol. The van der Waals surface area contributed by atoms with Crippen molar-refractivity contribution < 1.29 is 27.1 Å². The minimum Gasteiger partial charge on any atom is -0.497 e. The molecule has 31 heavy (non-hydrogen) atoms. The van der Waals surface area contributed by atoms with E-state index >= 15 is 0 Å². The van der Waals surface area contributed by atoms with E-state index in [1.165, 1.54) is 17.5 Å². The van der Waals surface area contributed by atoms with E-state index < -0.39 is 21.8 Å². The van der Waals surface area contributed by atoms with Gasteiger partial charge in [0.15, 0.2) is 0 Å². The van der Waals surface area contributed by atoms with Gasteiger partial charge in [0, 0.05) is 19.6 Å². The Hall–Kier alpha value is -2.65. The van der Waals surface area contributed by atoms with E-state index in [1.807, 2.05) is 24.3 Å². The molecule has 168 valence electrons. The minimum absolute atomic E-state index is 0.0520. The van der Waals surface area contributed by atoms with Gasteiger partial charge in [0.05, 0.1) is 20.1 Å². The highest BCUT2D eigenvalue weighted by molar-refractivity contribution is 7.89. The number of methoxy groups -OCH3 is 2. The molecule has 1 N–H and O–H groups in total. The number of carbonyl (C=O) groups excluding carboxylic acids is 1. The van der Waals surface area contributed by atoms with Crippen LogP contribution < -0.4 is 14.8 Å². The van der Waals surface area contributed by atoms with Crippen LogP contribution in [0.5, 0.6) is 11.5 Å². The molecule has 2 aromatic rings. The van der Waals surface area contributed by atoms with Crippen LogP contribution in [0.1, 0.15) is 18.4 Å². The van der Waals surface area contributed by atoms with Gasteiger partial charge in [0.1, 0.15) is 22.2 Å². The lowest BCUT2D eigenvalue weighted by atomic mass is 9.99. The molecule has 1 amide bonds. The Labute approximate surface area is 182 Å². The molecule has 0 unspecified atom stereocenters. The van der Waals surface area contributed by atoms with Crippen LogP contribution in [0.15, 0.2) is 47.4 Å². The van der Waals surface area contributed by atoms with Gasteiger partial charge in [-0.3, -0.25) is 4.79 Å². The third-order valence-corrected chi connectivity index (χ3v) is 7.26. The number of hydrogen-bond donors (Lipinski definition) is 1. The second kappa shape index (κ2) is 10.1. The van der Waals surface area contributed by atoms with Crippen LogP contribution in [0, 0.1) is 11.7 Å². The SMILES string of the molecule is COc1ccc(CCNC(=O)[C@@H]2CCCN(S(=O)(=O)c3cc(F)ccc3OC)C2)cc1. The average Bonchev–Trinajstić information content (AvgIpc) is 2.79. The maximum atomic E-state index is 13.7. The van der Waals surface area contributed by atoms with Crippen LogP contribution in [0.25, 0.3) is 0 Å². The first kappa shape index (κ1) is 23.0. The number of hydrogen-bond acceptors (Lipinski definition) is 5. The molecule has 0 spiro atoms. The Morgan fingerprint density at radius 3 is 2.58 bits per heavy atom. The standard InChI is InChI=1S/C22H27FN2O5S/c1-29-19-8-5-16(6-9-19)11-12-24-22(26)17-4-3-13-25(15-17)31(27,28)21-14-18(23)7-10-20(21)30-2/h5-10,14,17H,3-4,11-13,15H2,1-2H3,(H,24,26)/t17-/m1/s1. The molecule has 1 aliphatic heterocycles. The molecule has 9 heteroatoms. The second-order valence-corrected chi connectivity index (χ2v) is 9.29. The molecular formula is C22H27FN2O5S. The first-order chi connectivity index (χ1) is 14.8. The number of halogens is 1. The van der Waals surface area contributed by atoms with Crippen molar-refractivity contribution in [2.75, 3.05) is 33.9 Å². The van der Waals surface area contributed by atoms with Gasteiger partial charge in [-0.15, -0.1) is 0 Å². The maximum Gasteiger partial charge on any atom is 0.246 e. The van der Waals surface area contributed by atoms with Crippen LogP contribution in [0.3, 0.4) is 0 Å². The number of ether oxygens (including phenoxy) is 2. The van der Waals surface area contributed by atoms with Gasteiger partial charge in [-0.05, 0) is 55.2 Å². The minimum atomic E-state index is -3.99. The first-order valence-corrected chi connectivity index (χ1v) is 11.5. The molecule has 0 radical (unpaired) electrons. The summed E-state index contributed by atoms with van der Waals surface area (Å²) < 4.78 is 51.3. The van der Waals surface area contributed by atoms with Crippen molar-refractivity contribution in [1.82, 2.24) is 9.62 Å². The lowest BCUT2D eigenvalue weighted by molar-refractivity contribution is -0.126. The quantitative estimate of drug-likeness (QED) is 0.668. The molecule has 2 aromatic carbocycles. The summed E-state index contributed by atoms with van der Waals surface area (Å²) in [5.74, 6) is -0.457. The fraction of sp³-hybridized carbons (Fsp3) is 0.409. The highest BCUT2D eigenvalue weighted by Crippen LogP contribution is 2.30. The van der Waals surface area contributed by atoms with E-state index in [-0.39, 0.29) is 29.6 Å². The molecular weight excluding hydrogens is 423 g/mol. The maximum absolute atomic E-state index is 13.7. The summed E-state index contributed by atoms with van der Waals surface area (Å²) in [5, 5.41) is 2.90. The van der Waals surface area contributed by atoms with Crippen molar-refractivity contribution in [2.24, 2.45) is 5.92 Å². The summed E-state index contributed by atoms with van der Waals surface area (Å²) in [6, 6.07) is 11.0. The van der Waals surface area contributed by atoms with Crippen LogP contribution in [0.4, 0.5) is 4.39 Å². The summed E-state index contributed by atoms with van der Waals surface area (Å²) in [7, 11) is -1.05. The van der Waals surface area contributed by atoms with Gasteiger partial charge in [-0.2, -0.15) is 4.31 Å². The van der Waals surface area contributed by atoms with Crippen LogP contribution in [0.2, 0.25) is 0 Å². The third kappa shape index (κ3) is 5.54. The summed E-state index contributed by atoms with van der Waals surface area (Å²) in [4.78, 5) is 12.4. The largest absolute Gasteiger partial charge is 0.497 e. The van der Waals surface area contributed by atoms with Crippen molar-refractivity contribution >= 4 is 15.9 Å². The molecule has 0 aromatic heterocycles. The van der Waals surface area contributed by atoms with Crippen LogP contribution in [-0.4, -0.2) is 52.5 Å². The van der Waals surface area contributed by atoms with Crippen LogP contribution >= 0.6 is 0 Å². The number of piperidine rings is 1. The summed E-state index contributed by atoms with van der Waals surface area (Å²) in [6.07, 6.45) is 1.80. The van der Waals surface area contributed by atoms with E-state index in [1.54, 1.807) is 7.11 Å². The molecule has 1 fully saturated rings. The molecule has 7 nitrogen and oxygen atoms in total. The fourth-order valence-electron chi connectivity index (χ4n) is 3.63.